The van der Waals surface area contributed by atoms with Gasteiger partial charge in [0.05, 0.1) is 6.61 Å². The van der Waals surface area contributed by atoms with Gasteiger partial charge in [-0.3, -0.25) is 0 Å². The molecule has 0 saturated carbocycles. The summed E-state index contributed by atoms with van der Waals surface area (Å²) in [5.74, 6) is 1.62. The lowest BCUT2D eigenvalue weighted by atomic mass is 10.2. The maximum Gasteiger partial charge on any atom is 0.134 e. The predicted molar refractivity (Wildman–Crippen MR) is 65.7 cm³/mol. The minimum absolute atomic E-state index is 0.00683. The highest BCUT2D eigenvalue weighted by atomic mass is 16.3. The average molecular weight is 224 g/mol. The van der Waals surface area contributed by atoms with Gasteiger partial charge in [-0.15, -0.1) is 0 Å². The van der Waals surface area contributed by atoms with Gasteiger partial charge >= 0.3 is 0 Å². The van der Waals surface area contributed by atoms with Crippen LogP contribution < -0.4 is 10.6 Å². The van der Waals surface area contributed by atoms with E-state index in [0.717, 1.165) is 30.2 Å². The molecule has 3 N–H and O–H groups in total. The summed E-state index contributed by atoms with van der Waals surface area (Å²) in [6.45, 7) is 6.95. The van der Waals surface area contributed by atoms with Crippen LogP contribution in [0.4, 0.5) is 11.6 Å². The summed E-state index contributed by atoms with van der Waals surface area (Å²) >= 11 is 0. The minimum Gasteiger partial charge on any atom is -0.394 e. The number of nitrogens with one attached hydrogen (secondary N) is 2. The van der Waals surface area contributed by atoms with E-state index >= 15 is 0 Å². The maximum absolute atomic E-state index is 8.98. The molecule has 1 aromatic heterocycles. The topological polar surface area (TPSA) is 70.1 Å². The molecule has 0 aliphatic heterocycles. The number of aromatic nitrogens is 2. The Morgan fingerprint density at radius 3 is 2.69 bits per heavy atom. The molecular formula is C11H20N4O. The van der Waals surface area contributed by atoms with Crippen LogP contribution in [0.1, 0.15) is 25.8 Å². The highest BCUT2D eigenvalue weighted by Gasteiger charge is 2.08. The van der Waals surface area contributed by atoms with Gasteiger partial charge in [-0.2, -0.15) is 0 Å². The van der Waals surface area contributed by atoms with Gasteiger partial charge < -0.3 is 15.7 Å². The molecule has 90 valence electrons. The van der Waals surface area contributed by atoms with Crippen LogP contribution in [-0.2, 0) is 0 Å². The molecule has 16 heavy (non-hydrogen) atoms. The van der Waals surface area contributed by atoms with E-state index in [-0.39, 0.29) is 12.6 Å². The Hall–Kier alpha value is -1.36. The van der Waals surface area contributed by atoms with Gasteiger partial charge in [0, 0.05) is 18.2 Å². The van der Waals surface area contributed by atoms with Crippen molar-refractivity contribution in [2.24, 2.45) is 0 Å². The zero-order valence-corrected chi connectivity index (χ0v) is 10.1. The van der Waals surface area contributed by atoms with Gasteiger partial charge in [0.15, 0.2) is 0 Å². The largest absolute Gasteiger partial charge is 0.394 e. The molecule has 0 spiro atoms. The first-order chi connectivity index (χ1) is 7.69. The van der Waals surface area contributed by atoms with Crippen molar-refractivity contribution in [2.45, 2.75) is 33.2 Å². The standard InChI is InChI=1S/C11H20N4O/c1-4-5-12-10-9(3)11(14-7-13-10)15-8(2)6-16/h7-8,16H,4-6H2,1-3H3,(H2,12,13,14,15). The van der Waals surface area contributed by atoms with Crippen LogP contribution in [-0.4, -0.2) is 34.3 Å². The van der Waals surface area contributed by atoms with E-state index in [2.05, 4.69) is 27.5 Å². The van der Waals surface area contributed by atoms with E-state index in [1.165, 1.54) is 6.33 Å². The molecule has 5 heteroatoms. The van der Waals surface area contributed by atoms with Crippen LogP contribution >= 0.6 is 0 Å². The lowest BCUT2D eigenvalue weighted by Crippen LogP contribution is -2.21. The minimum atomic E-state index is -0.00683. The molecule has 1 aromatic rings. The fourth-order valence-electron chi connectivity index (χ4n) is 1.30. The number of rotatable bonds is 6. The molecule has 0 aromatic carbocycles. The SMILES string of the molecule is CCCNc1ncnc(NC(C)CO)c1C. The molecule has 1 atom stereocenters. The van der Waals surface area contributed by atoms with Crippen molar-refractivity contribution < 1.29 is 5.11 Å². The highest BCUT2D eigenvalue weighted by Crippen LogP contribution is 2.18. The number of aliphatic hydroxyl groups is 1. The van der Waals surface area contributed by atoms with E-state index in [4.69, 9.17) is 5.11 Å². The molecule has 0 fully saturated rings. The quantitative estimate of drug-likeness (QED) is 0.681. The number of anilines is 2. The predicted octanol–water partition coefficient (Wildman–Crippen LogP) is 1.40. The van der Waals surface area contributed by atoms with Crippen LogP contribution in [0.15, 0.2) is 6.33 Å². The Kier molecular flexibility index (Phi) is 4.98. The molecule has 0 bridgehead atoms. The van der Waals surface area contributed by atoms with E-state index in [1.54, 1.807) is 0 Å². The van der Waals surface area contributed by atoms with E-state index in [1.807, 2.05) is 13.8 Å². The molecule has 0 aliphatic rings. The first-order valence-corrected chi connectivity index (χ1v) is 5.61. The number of hydrogen-bond donors (Lipinski definition) is 3. The van der Waals surface area contributed by atoms with E-state index in [9.17, 15) is 0 Å². The van der Waals surface area contributed by atoms with Gasteiger partial charge in [0.1, 0.15) is 18.0 Å². The first kappa shape index (κ1) is 12.7. The maximum atomic E-state index is 8.98. The van der Waals surface area contributed by atoms with Crippen LogP contribution in [0.2, 0.25) is 0 Å². The molecule has 0 saturated heterocycles. The van der Waals surface area contributed by atoms with Crippen molar-refractivity contribution in [2.75, 3.05) is 23.8 Å². The molecule has 0 radical (unpaired) electrons. The van der Waals surface area contributed by atoms with Crippen molar-refractivity contribution >= 4 is 11.6 Å². The monoisotopic (exact) mass is 224 g/mol. The third kappa shape index (κ3) is 3.34. The second kappa shape index (κ2) is 6.27. The van der Waals surface area contributed by atoms with Crippen molar-refractivity contribution in [3.8, 4) is 0 Å². The van der Waals surface area contributed by atoms with Crippen LogP contribution in [0.3, 0.4) is 0 Å². The second-order valence-corrected chi connectivity index (χ2v) is 3.85. The summed E-state index contributed by atoms with van der Waals surface area (Å²) in [6, 6.07) is -0.00683. The van der Waals surface area contributed by atoms with Gasteiger partial charge in [0.25, 0.3) is 0 Å². The van der Waals surface area contributed by atoms with Gasteiger partial charge in [0.2, 0.25) is 0 Å². The van der Waals surface area contributed by atoms with E-state index in [0.29, 0.717) is 0 Å². The Morgan fingerprint density at radius 2 is 2.06 bits per heavy atom. The van der Waals surface area contributed by atoms with E-state index < -0.39 is 0 Å². The van der Waals surface area contributed by atoms with Crippen molar-refractivity contribution in [3.63, 3.8) is 0 Å². The lowest BCUT2D eigenvalue weighted by Gasteiger charge is -2.15. The highest BCUT2D eigenvalue weighted by molar-refractivity contribution is 5.56. The Morgan fingerprint density at radius 1 is 1.38 bits per heavy atom. The molecular weight excluding hydrogens is 204 g/mol. The Labute approximate surface area is 96.3 Å². The third-order valence-electron chi connectivity index (χ3n) is 2.28. The van der Waals surface area contributed by atoms with Gasteiger partial charge in [-0.1, -0.05) is 6.92 Å². The molecule has 1 heterocycles. The van der Waals surface area contributed by atoms with Crippen LogP contribution in [0.25, 0.3) is 0 Å². The van der Waals surface area contributed by atoms with Gasteiger partial charge in [-0.05, 0) is 20.3 Å². The fourth-order valence-corrected chi connectivity index (χ4v) is 1.30. The second-order valence-electron chi connectivity index (χ2n) is 3.85. The summed E-state index contributed by atoms with van der Waals surface area (Å²) in [4.78, 5) is 8.35. The summed E-state index contributed by atoms with van der Waals surface area (Å²) in [5.41, 5.74) is 0.983. The van der Waals surface area contributed by atoms with Gasteiger partial charge in [-0.25, -0.2) is 9.97 Å². The smallest absolute Gasteiger partial charge is 0.134 e. The van der Waals surface area contributed by atoms with Crippen molar-refractivity contribution in [3.05, 3.63) is 11.9 Å². The number of aliphatic hydroxyl groups excluding tert-OH is 1. The molecule has 0 aliphatic carbocycles. The average Bonchev–Trinajstić information content (AvgIpc) is 2.30. The molecule has 5 nitrogen and oxygen atoms in total. The summed E-state index contributed by atoms with van der Waals surface area (Å²) < 4.78 is 0. The first-order valence-electron chi connectivity index (χ1n) is 5.61. The summed E-state index contributed by atoms with van der Waals surface area (Å²) in [7, 11) is 0. The Bertz CT molecular complexity index is 330. The summed E-state index contributed by atoms with van der Waals surface area (Å²) in [6.07, 6.45) is 2.58. The molecule has 1 unspecified atom stereocenters. The fraction of sp³-hybridized carbons (Fsp3) is 0.636. The number of hydrogen-bond acceptors (Lipinski definition) is 5. The summed E-state index contributed by atoms with van der Waals surface area (Å²) in [5, 5.41) is 15.4. The molecule has 0 amide bonds. The lowest BCUT2D eigenvalue weighted by molar-refractivity contribution is 0.281. The normalized spacial score (nSPS) is 12.2. The van der Waals surface area contributed by atoms with Crippen LogP contribution in [0, 0.1) is 6.92 Å². The van der Waals surface area contributed by atoms with Crippen molar-refractivity contribution in [1.29, 1.82) is 0 Å². The number of nitrogens with zero attached hydrogens (tertiary/aromatic N) is 2. The van der Waals surface area contributed by atoms with Crippen LogP contribution in [0.5, 0.6) is 0 Å². The third-order valence-corrected chi connectivity index (χ3v) is 2.28. The molecule has 1 rings (SSSR count). The zero-order valence-electron chi connectivity index (χ0n) is 10.1. The van der Waals surface area contributed by atoms with Crippen molar-refractivity contribution in [1.82, 2.24) is 9.97 Å². The Balaban J connectivity index is 2.77. The zero-order chi connectivity index (χ0) is 12.0.